The van der Waals surface area contributed by atoms with Gasteiger partial charge in [-0.25, -0.2) is 8.42 Å². The van der Waals surface area contributed by atoms with Crippen LogP contribution in [0.15, 0.2) is 17.0 Å². The predicted octanol–water partition coefficient (Wildman–Crippen LogP) is 0.979. The van der Waals surface area contributed by atoms with Crippen LogP contribution in [0.25, 0.3) is 0 Å². The van der Waals surface area contributed by atoms with Crippen molar-refractivity contribution in [1.29, 1.82) is 0 Å². The average Bonchev–Trinajstić information content (AvgIpc) is 2.00. The van der Waals surface area contributed by atoms with Gasteiger partial charge >= 0.3 is 0 Å². The molecule has 0 unspecified atom stereocenters. The zero-order chi connectivity index (χ0) is 9.30. The lowest BCUT2D eigenvalue weighted by Crippen LogP contribution is -1.89. The molecule has 0 saturated heterocycles. The fraction of sp³-hybridized carbons (Fsp3) is 0.250. The molecule has 1 aromatic carbocycles. The van der Waals surface area contributed by atoms with Gasteiger partial charge in [0.2, 0.25) is 0 Å². The van der Waals surface area contributed by atoms with Gasteiger partial charge in [-0.2, -0.15) is 0 Å². The molecule has 0 amide bonds. The Labute approximate surface area is 72.6 Å². The minimum absolute atomic E-state index is 0.133. The molecule has 1 rings (SSSR count). The van der Waals surface area contributed by atoms with E-state index in [4.69, 9.17) is 0 Å². The summed E-state index contributed by atoms with van der Waals surface area (Å²) in [6.07, 6.45) is 0. The zero-order valence-corrected chi connectivity index (χ0v) is 7.76. The molecule has 3 nitrogen and oxygen atoms in total. The van der Waals surface area contributed by atoms with Gasteiger partial charge in [0.25, 0.3) is 0 Å². The molecule has 12 heavy (non-hydrogen) atoms. The molecule has 0 bridgehead atoms. The number of thiol groups is 1. The first-order valence-corrected chi connectivity index (χ1v) is 4.65. The third kappa shape index (κ3) is 1.43. The van der Waals surface area contributed by atoms with Crippen molar-refractivity contribution >= 4 is 10.7 Å². The number of hydrogen-bond donors (Lipinski definition) is 2. The minimum Gasteiger partial charge on any atom is -0.508 e. The standard InChI is InChI=1S/C8H10O3S/c1-5-6(2)8(12(10)11)4-3-7(5)9/h3-4,9,12H,1-2H3. The number of aromatic hydroxyl groups is 1. The van der Waals surface area contributed by atoms with Crippen LogP contribution >= 0.6 is 0 Å². The number of rotatable bonds is 1. The van der Waals surface area contributed by atoms with Crippen LogP contribution in [0.4, 0.5) is 0 Å². The van der Waals surface area contributed by atoms with E-state index in [9.17, 15) is 13.5 Å². The molecule has 0 aliphatic rings. The number of benzene rings is 1. The molecule has 4 heteroatoms. The fourth-order valence-corrected chi connectivity index (χ4v) is 1.63. The first-order chi connectivity index (χ1) is 5.54. The van der Waals surface area contributed by atoms with Crippen LogP contribution in [-0.4, -0.2) is 13.5 Å². The number of hydrogen-bond acceptors (Lipinski definition) is 3. The van der Waals surface area contributed by atoms with Gasteiger partial charge < -0.3 is 5.11 Å². The van der Waals surface area contributed by atoms with Crippen molar-refractivity contribution in [3.63, 3.8) is 0 Å². The average molecular weight is 186 g/mol. The van der Waals surface area contributed by atoms with Crippen LogP contribution in [-0.2, 0) is 10.7 Å². The second-order valence-electron chi connectivity index (χ2n) is 2.61. The highest BCUT2D eigenvalue weighted by molar-refractivity contribution is 7.72. The van der Waals surface area contributed by atoms with Crippen LogP contribution in [0.3, 0.4) is 0 Å². The third-order valence-corrected chi connectivity index (χ3v) is 2.80. The van der Waals surface area contributed by atoms with Crippen molar-refractivity contribution in [1.82, 2.24) is 0 Å². The molecule has 0 saturated carbocycles. The topological polar surface area (TPSA) is 54.4 Å². The van der Waals surface area contributed by atoms with Crippen molar-refractivity contribution < 1.29 is 13.5 Å². The second kappa shape index (κ2) is 3.15. The van der Waals surface area contributed by atoms with E-state index in [1.807, 2.05) is 0 Å². The van der Waals surface area contributed by atoms with Crippen LogP contribution in [0.5, 0.6) is 5.75 Å². The largest absolute Gasteiger partial charge is 0.508 e. The third-order valence-electron chi connectivity index (χ3n) is 1.93. The fourth-order valence-electron chi connectivity index (χ4n) is 0.990. The maximum atomic E-state index is 10.6. The van der Waals surface area contributed by atoms with Gasteiger partial charge in [0, 0.05) is 0 Å². The first-order valence-electron chi connectivity index (χ1n) is 3.47. The summed E-state index contributed by atoms with van der Waals surface area (Å²) in [5.41, 5.74) is 1.23. The summed E-state index contributed by atoms with van der Waals surface area (Å²) >= 11 is 0. The van der Waals surface area contributed by atoms with Gasteiger partial charge in [-0.3, -0.25) is 0 Å². The normalized spacial score (nSPS) is 10.6. The van der Waals surface area contributed by atoms with E-state index in [0.29, 0.717) is 11.1 Å². The van der Waals surface area contributed by atoms with E-state index < -0.39 is 10.7 Å². The molecule has 0 atom stereocenters. The molecule has 0 aromatic heterocycles. The molecule has 0 aliphatic heterocycles. The van der Waals surface area contributed by atoms with E-state index in [1.165, 1.54) is 12.1 Å². The highest BCUT2D eigenvalue weighted by Gasteiger charge is 2.06. The monoisotopic (exact) mass is 186 g/mol. The quantitative estimate of drug-likeness (QED) is 0.643. The van der Waals surface area contributed by atoms with Crippen LogP contribution in [0.2, 0.25) is 0 Å². The summed E-state index contributed by atoms with van der Waals surface area (Å²) in [4.78, 5) is 0.278. The Morgan fingerprint density at radius 1 is 1.17 bits per heavy atom. The number of phenolic OH excluding ortho intramolecular Hbond substituents is 1. The SMILES string of the molecule is Cc1c(O)ccc([SH](=O)=O)c1C. The highest BCUT2D eigenvalue weighted by Crippen LogP contribution is 2.23. The van der Waals surface area contributed by atoms with E-state index >= 15 is 0 Å². The number of phenols is 1. The molecule has 66 valence electrons. The van der Waals surface area contributed by atoms with Crippen molar-refractivity contribution in [2.45, 2.75) is 18.7 Å². The summed E-state index contributed by atoms with van der Waals surface area (Å²) in [5, 5.41) is 9.21. The van der Waals surface area contributed by atoms with Gasteiger partial charge in [0.15, 0.2) is 10.7 Å². The van der Waals surface area contributed by atoms with Gasteiger partial charge in [-0.1, -0.05) is 0 Å². The minimum atomic E-state index is -2.56. The summed E-state index contributed by atoms with van der Waals surface area (Å²) < 4.78 is 21.3. The van der Waals surface area contributed by atoms with E-state index in [2.05, 4.69) is 0 Å². The first kappa shape index (κ1) is 9.06. The highest BCUT2D eigenvalue weighted by atomic mass is 32.2. The van der Waals surface area contributed by atoms with Crippen LogP contribution in [0.1, 0.15) is 11.1 Å². The smallest absolute Gasteiger partial charge is 0.168 e. The second-order valence-corrected chi connectivity index (χ2v) is 3.61. The Morgan fingerprint density at radius 2 is 1.75 bits per heavy atom. The Balaban J connectivity index is 3.46. The van der Waals surface area contributed by atoms with Gasteiger partial charge in [-0.05, 0) is 37.1 Å². The molecular formula is C8H10O3S. The van der Waals surface area contributed by atoms with E-state index in [0.717, 1.165) is 0 Å². The van der Waals surface area contributed by atoms with Gasteiger partial charge in [0.1, 0.15) is 5.75 Å². The molecule has 0 radical (unpaired) electrons. The van der Waals surface area contributed by atoms with Crippen LogP contribution in [0, 0.1) is 13.8 Å². The van der Waals surface area contributed by atoms with Crippen molar-refractivity contribution in [2.24, 2.45) is 0 Å². The summed E-state index contributed by atoms with van der Waals surface area (Å²) in [5.74, 6) is 0.133. The molecule has 1 N–H and O–H groups in total. The summed E-state index contributed by atoms with van der Waals surface area (Å²) in [6.45, 7) is 3.36. The Morgan fingerprint density at radius 3 is 2.25 bits per heavy atom. The lowest BCUT2D eigenvalue weighted by molar-refractivity contribution is 0.470. The maximum Gasteiger partial charge on any atom is 0.168 e. The van der Waals surface area contributed by atoms with Gasteiger partial charge in [-0.15, -0.1) is 0 Å². The summed E-state index contributed by atoms with van der Waals surface area (Å²) in [7, 11) is -2.56. The molecule has 0 fully saturated rings. The van der Waals surface area contributed by atoms with Crippen molar-refractivity contribution in [3.05, 3.63) is 23.3 Å². The maximum absolute atomic E-state index is 10.6. The van der Waals surface area contributed by atoms with E-state index in [1.54, 1.807) is 13.8 Å². The molecule has 0 aliphatic carbocycles. The van der Waals surface area contributed by atoms with Crippen molar-refractivity contribution in [2.75, 3.05) is 0 Å². The Hall–Kier alpha value is -1.03. The molecule has 0 spiro atoms. The van der Waals surface area contributed by atoms with Crippen LogP contribution < -0.4 is 0 Å². The van der Waals surface area contributed by atoms with E-state index in [-0.39, 0.29) is 10.6 Å². The predicted molar refractivity (Wildman–Crippen MR) is 46.2 cm³/mol. The summed E-state index contributed by atoms with van der Waals surface area (Å²) in [6, 6.07) is 2.80. The van der Waals surface area contributed by atoms with Crippen molar-refractivity contribution in [3.8, 4) is 5.75 Å². The molecular weight excluding hydrogens is 176 g/mol. The lowest BCUT2D eigenvalue weighted by atomic mass is 10.1. The molecule has 0 heterocycles. The zero-order valence-electron chi connectivity index (χ0n) is 6.87. The molecule has 1 aromatic rings. The Kier molecular flexibility index (Phi) is 2.38. The Bertz CT molecular complexity index is 372. The lowest BCUT2D eigenvalue weighted by Gasteiger charge is -2.04. The van der Waals surface area contributed by atoms with Gasteiger partial charge in [0.05, 0.1) is 4.90 Å².